The molecule has 2 saturated heterocycles. The molecule has 2 aromatic rings. The number of ether oxygens (including phenoxy) is 1. The van der Waals surface area contributed by atoms with Gasteiger partial charge in [-0.25, -0.2) is 0 Å². The van der Waals surface area contributed by atoms with Gasteiger partial charge in [0.15, 0.2) is 12.4 Å². The molecule has 31 heavy (non-hydrogen) atoms. The van der Waals surface area contributed by atoms with Gasteiger partial charge in [0.2, 0.25) is 5.91 Å². The largest absolute Gasteiger partial charge is 0.485 e. The number of hydrogen-bond donors (Lipinski definition) is 0. The highest BCUT2D eigenvalue weighted by molar-refractivity contribution is 5.97. The number of Topliss-reactive ketones (excluding diaryl/α,β-unsaturated/α-hetero) is 1. The molecule has 2 aliphatic heterocycles. The molecule has 0 aliphatic carbocycles. The molecule has 2 aliphatic rings. The van der Waals surface area contributed by atoms with Crippen LogP contribution >= 0.6 is 0 Å². The minimum atomic E-state index is -0.0145. The third-order valence-electron chi connectivity index (χ3n) is 6.46. The van der Waals surface area contributed by atoms with Gasteiger partial charge >= 0.3 is 0 Å². The highest BCUT2D eigenvalue weighted by Gasteiger charge is 2.29. The Bertz CT molecular complexity index is 858. The first-order valence-corrected chi connectivity index (χ1v) is 11.5. The van der Waals surface area contributed by atoms with Crippen LogP contribution in [0.1, 0.15) is 48.0 Å². The van der Waals surface area contributed by atoms with Crippen LogP contribution in [0.2, 0.25) is 0 Å². The molecule has 0 N–H and O–H groups in total. The number of ketones is 1. The van der Waals surface area contributed by atoms with Crippen LogP contribution < -0.4 is 4.74 Å². The molecule has 2 aromatic carbocycles. The number of hydrogen-bond acceptors (Lipinski definition) is 4. The second-order valence-electron chi connectivity index (χ2n) is 8.59. The highest BCUT2D eigenvalue weighted by atomic mass is 16.5. The number of carbonyl (C=O) groups is 2. The number of rotatable bonds is 8. The van der Waals surface area contributed by atoms with Crippen molar-refractivity contribution in [2.45, 2.75) is 44.6 Å². The molecule has 4 rings (SSSR count). The Balaban J connectivity index is 1.18. The molecule has 0 radical (unpaired) electrons. The van der Waals surface area contributed by atoms with Crippen molar-refractivity contribution < 1.29 is 14.3 Å². The standard InChI is InChI=1S/C26H32N2O3/c29-25(22-6-2-1-3-7-22)20-31-24-11-9-21(10-12-24)13-17-27-18-14-23(15-19-27)28-16-5-4-8-26(28)30/h1-3,6-7,9-12,23H,4-5,8,13-20H2. The predicted octanol–water partition coefficient (Wildman–Crippen LogP) is 3.97. The summed E-state index contributed by atoms with van der Waals surface area (Å²) in [7, 11) is 0. The monoisotopic (exact) mass is 420 g/mol. The Morgan fingerprint density at radius 3 is 2.39 bits per heavy atom. The fourth-order valence-corrected chi connectivity index (χ4v) is 4.56. The van der Waals surface area contributed by atoms with E-state index in [1.54, 1.807) is 0 Å². The molecular formula is C26H32N2O3. The van der Waals surface area contributed by atoms with Crippen molar-refractivity contribution >= 4 is 11.7 Å². The van der Waals surface area contributed by atoms with Gasteiger partial charge < -0.3 is 14.5 Å². The number of nitrogens with zero attached hydrogens (tertiary/aromatic N) is 2. The van der Waals surface area contributed by atoms with Gasteiger partial charge in [-0.15, -0.1) is 0 Å². The van der Waals surface area contributed by atoms with Gasteiger partial charge in [-0.2, -0.15) is 0 Å². The van der Waals surface area contributed by atoms with Gasteiger partial charge in [0.05, 0.1) is 0 Å². The zero-order chi connectivity index (χ0) is 21.5. The van der Waals surface area contributed by atoms with Gasteiger partial charge in [-0.3, -0.25) is 9.59 Å². The molecule has 1 amide bonds. The average Bonchev–Trinajstić information content (AvgIpc) is 2.83. The van der Waals surface area contributed by atoms with Gasteiger partial charge in [0.1, 0.15) is 5.75 Å². The van der Waals surface area contributed by atoms with Crippen molar-refractivity contribution in [2.24, 2.45) is 0 Å². The fourth-order valence-electron chi connectivity index (χ4n) is 4.56. The maximum absolute atomic E-state index is 12.2. The van der Waals surface area contributed by atoms with Crippen LogP contribution in [0.3, 0.4) is 0 Å². The van der Waals surface area contributed by atoms with E-state index in [4.69, 9.17) is 4.74 Å². The van der Waals surface area contributed by atoms with Crippen LogP contribution in [0.4, 0.5) is 0 Å². The first-order chi connectivity index (χ1) is 15.2. The number of piperidine rings is 2. The third-order valence-corrected chi connectivity index (χ3v) is 6.46. The van der Waals surface area contributed by atoms with E-state index in [1.807, 2.05) is 42.5 Å². The molecule has 0 saturated carbocycles. The van der Waals surface area contributed by atoms with Crippen molar-refractivity contribution in [3.63, 3.8) is 0 Å². The van der Waals surface area contributed by atoms with Gasteiger partial charge in [0.25, 0.3) is 0 Å². The van der Waals surface area contributed by atoms with Crippen LogP contribution in [0.25, 0.3) is 0 Å². The summed E-state index contributed by atoms with van der Waals surface area (Å²) >= 11 is 0. The van der Waals surface area contributed by atoms with Crippen molar-refractivity contribution in [3.8, 4) is 5.75 Å². The molecule has 5 nitrogen and oxygen atoms in total. The van der Waals surface area contributed by atoms with Crippen LogP contribution in [-0.2, 0) is 11.2 Å². The quantitative estimate of drug-likeness (QED) is 0.607. The normalized spacial score (nSPS) is 18.2. The maximum Gasteiger partial charge on any atom is 0.222 e. The zero-order valence-corrected chi connectivity index (χ0v) is 18.2. The lowest BCUT2D eigenvalue weighted by Gasteiger charge is -2.40. The van der Waals surface area contributed by atoms with E-state index < -0.39 is 0 Å². The van der Waals surface area contributed by atoms with E-state index in [-0.39, 0.29) is 12.4 Å². The van der Waals surface area contributed by atoms with Crippen molar-refractivity contribution in [1.82, 2.24) is 9.80 Å². The molecule has 0 atom stereocenters. The molecule has 5 heteroatoms. The minimum Gasteiger partial charge on any atom is -0.485 e. The van der Waals surface area contributed by atoms with E-state index in [9.17, 15) is 9.59 Å². The first kappa shape index (κ1) is 21.6. The zero-order valence-electron chi connectivity index (χ0n) is 18.2. The lowest BCUT2D eigenvalue weighted by molar-refractivity contribution is -0.136. The Morgan fingerprint density at radius 2 is 1.68 bits per heavy atom. The molecule has 2 fully saturated rings. The Kier molecular flexibility index (Phi) is 7.36. The van der Waals surface area contributed by atoms with Crippen LogP contribution in [0.5, 0.6) is 5.75 Å². The molecule has 164 valence electrons. The Morgan fingerprint density at radius 1 is 0.935 bits per heavy atom. The average molecular weight is 421 g/mol. The molecule has 0 bridgehead atoms. The Hall–Kier alpha value is -2.66. The van der Waals surface area contributed by atoms with Crippen molar-refractivity contribution in [3.05, 3.63) is 65.7 Å². The molecule has 0 spiro atoms. The molecule has 2 heterocycles. The number of carbonyl (C=O) groups excluding carboxylic acids is 2. The van der Waals surface area contributed by atoms with Gasteiger partial charge in [0, 0.05) is 44.2 Å². The van der Waals surface area contributed by atoms with E-state index in [2.05, 4.69) is 21.9 Å². The molecular weight excluding hydrogens is 388 g/mol. The van der Waals surface area contributed by atoms with Gasteiger partial charge in [-0.1, -0.05) is 42.5 Å². The van der Waals surface area contributed by atoms with Gasteiger partial charge in [-0.05, 0) is 49.8 Å². The fraction of sp³-hybridized carbons (Fsp3) is 0.462. The van der Waals surface area contributed by atoms with Crippen molar-refractivity contribution in [1.29, 1.82) is 0 Å². The van der Waals surface area contributed by atoms with E-state index >= 15 is 0 Å². The number of benzene rings is 2. The number of likely N-dealkylation sites (tertiary alicyclic amines) is 2. The summed E-state index contributed by atoms with van der Waals surface area (Å²) in [4.78, 5) is 29.0. The minimum absolute atomic E-state index is 0.0145. The lowest BCUT2D eigenvalue weighted by Crippen LogP contribution is -2.49. The summed E-state index contributed by atoms with van der Waals surface area (Å²) in [5.74, 6) is 1.07. The topological polar surface area (TPSA) is 49.9 Å². The van der Waals surface area contributed by atoms with Crippen molar-refractivity contribution in [2.75, 3.05) is 32.8 Å². The maximum atomic E-state index is 12.2. The summed E-state index contributed by atoms with van der Waals surface area (Å²) in [5.41, 5.74) is 1.95. The smallest absolute Gasteiger partial charge is 0.222 e. The second kappa shape index (κ2) is 10.6. The van der Waals surface area contributed by atoms with Crippen LogP contribution in [0.15, 0.2) is 54.6 Å². The van der Waals surface area contributed by atoms with E-state index in [0.717, 1.165) is 70.5 Å². The summed E-state index contributed by atoms with van der Waals surface area (Å²) < 4.78 is 5.66. The summed E-state index contributed by atoms with van der Waals surface area (Å²) in [5, 5.41) is 0. The summed E-state index contributed by atoms with van der Waals surface area (Å²) in [6.45, 7) is 4.18. The first-order valence-electron chi connectivity index (χ1n) is 11.5. The van der Waals surface area contributed by atoms with Crippen LogP contribution in [0, 0.1) is 0 Å². The SMILES string of the molecule is O=C(COc1ccc(CCN2CCC(N3CCCCC3=O)CC2)cc1)c1ccccc1. The molecule has 0 unspecified atom stereocenters. The third kappa shape index (κ3) is 5.95. The molecule has 0 aromatic heterocycles. The highest BCUT2D eigenvalue weighted by Crippen LogP contribution is 2.22. The second-order valence-corrected chi connectivity index (χ2v) is 8.59. The summed E-state index contributed by atoms with van der Waals surface area (Å²) in [6, 6.07) is 17.7. The van der Waals surface area contributed by atoms with E-state index in [0.29, 0.717) is 17.5 Å². The van der Waals surface area contributed by atoms with Crippen LogP contribution in [-0.4, -0.2) is 60.3 Å². The van der Waals surface area contributed by atoms with E-state index in [1.165, 1.54) is 5.56 Å². The predicted molar refractivity (Wildman–Crippen MR) is 121 cm³/mol. The lowest BCUT2D eigenvalue weighted by atomic mass is 9.99. The Labute approximate surface area is 185 Å². The number of amides is 1. The summed E-state index contributed by atoms with van der Waals surface area (Å²) in [6.07, 6.45) is 6.13.